The molecule has 16 heavy (non-hydrogen) atoms. The molecule has 1 saturated heterocycles. The lowest BCUT2D eigenvalue weighted by Crippen LogP contribution is -2.32. The average molecular weight is 229 g/mol. The molecule has 2 N–H and O–H groups in total. The molecule has 2 unspecified atom stereocenters. The lowest BCUT2D eigenvalue weighted by Gasteiger charge is -2.24. The van der Waals surface area contributed by atoms with Crippen LogP contribution in [0.15, 0.2) is 0 Å². The quantitative estimate of drug-likeness (QED) is 0.745. The van der Waals surface area contributed by atoms with E-state index in [0.29, 0.717) is 13.2 Å². The van der Waals surface area contributed by atoms with Crippen LogP contribution in [0.5, 0.6) is 0 Å². The lowest BCUT2D eigenvalue weighted by molar-refractivity contribution is -0.175. The van der Waals surface area contributed by atoms with E-state index in [4.69, 9.17) is 15.2 Å². The molecule has 1 fully saturated rings. The van der Waals surface area contributed by atoms with Crippen LogP contribution in [0.3, 0.4) is 0 Å². The first-order valence-electron chi connectivity index (χ1n) is 5.94. The van der Waals surface area contributed by atoms with E-state index < -0.39 is 0 Å². The highest BCUT2D eigenvalue weighted by atomic mass is 16.7. The number of nitrogens with two attached hydrogens (primary N) is 1. The summed E-state index contributed by atoms with van der Waals surface area (Å²) in [4.78, 5) is 11.8. The topological polar surface area (TPSA) is 61.6 Å². The molecule has 4 nitrogen and oxygen atoms in total. The number of hydrogen-bond acceptors (Lipinski definition) is 4. The summed E-state index contributed by atoms with van der Waals surface area (Å²) in [7, 11) is 0. The molecule has 0 aromatic carbocycles. The number of carbonyl (C=O) groups is 1. The maximum absolute atomic E-state index is 11.8. The highest BCUT2D eigenvalue weighted by Crippen LogP contribution is 2.25. The molecule has 94 valence electrons. The molecular formula is C12H23NO3. The van der Waals surface area contributed by atoms with Crippen molar-refractivity contribution in [2.45, 2.75) is 46.3 Å². The Morgan fingerprint density at radius 3 is 2.69 bits per heavy atom. The minimum Gasteiger partial charge on any atom is -0.436 e. The van der Waals surface area contributed by atoms with Gasteiger partial charge in [0, 0.05) is 13.0 Å². The molecule has 4 heteroatoms. The third-order valence-corrected chi connectivity index (χ3v) is 2.61. The summed E-state index contributed by atoms with van der Waals surface area (Å²) in [5.74, 6) is -0.437. The molecule has 0 aromatic rings. The zero-order chi connectivity index (χ0) is 12.2. The largest absolute Gasteiger partial charge is 0.436 e. The molecular weight excluding hydrogens is 206 g/mol. The van der Waals surface area contributed by atoms with Gasteiger partial charge >= 0.3 is 5.97 Å². The summed E-state index contributed by atoms with van der Waals surface area (Å²) in [6.45, 7) is 7.30. The SMILES string of the molecule is CC(C)(C)CC(CN)C(=O)OC1CCCO1. The van der Waals surface area contributed by atoms with Crippen LogP contribution >= 0.6 is 0 Å². The molecule has 0 spiro atoms. The van der Waals surface area contributed by atoms with E-state index in [-0.39, 0.29) is 23.6 Å². The van der Waals surface area contributed by atoms with E-state index >= 15 is 0 Å². The van der Waals surface area contributed by atoms with Crippen molar-refractivity contribution in [1.82, 2.24) is 0 Å². The van der Waals surface area contributed by atoms with Gasteiger partial charge in [0.05, 0.1) is 12.5 Å². The Morgan fingerprint density at radius 2 is 2.25 bits per heavy atom. The third kappa shape index (κ3) is 4.49. The second-order valence-electron chi connectivity index (χ2n) is 5.58. The van der Waals surface area contributed by atoms with E-state index in [1.54, 1.807) is 0 Å². The van der Waals surface area contributed by atoms with Gasteiger partial charge in [0.1, 0.15) is 0 Å². The van der Waals surface area contributed by atoms with Crippen LogP contribution in [0.2, 0.25) is 0 Å². The summed E-state index contributed by atoms with van der Waals surface area (Å²) in [6, 6.07) is 0. The Labute approximate surface area is 97.5 Å². The van der Waals surface area contributed by atoms with Crippen molar-refractivity contribution in [3.05, 3.63) is 0 Å². The van der Waals surface area contributed by atoms with Crippen LogP contribution < -0.4 is 5.73 Å². The molecule has 0 saturated carbocycles. The predicted molar refractivity (Wildman–Crippen MR) is 61.7 cm³/mol. The van der Waals surface area contributed by atoms with Crippen molar-refractivity contribution in [2.75, 3.05) is 13.2 Å². The van der Waals surface area contributed by atoms with Crippen LogP contribution in [0.4, 0.5) is 0 Å². The Kier molecular flexibility index (Phi) is 4.74. The minimum atomic E-state index is -0.346. The van der Waals surface area contributed by atoms with Gasteiger partial charge in [-0.05, 0) is 18.3 Å². The van der Waals surface area contributed by atoms with E-state index in [1.807, 2.05) is 0 Å². The predicted octanol–water partition coefficient (Wildman–Crippen LogP) is 1.68. The maximum atomic E-state index is 11.8. The van der Waals surface area contributed by atoms with Crippen molar-refractivity contribution in [3.8, 4) is 0 Å². The summed E-state index contributed by atoms with van der Waals surface area (Å²) in [6.07, 6.45) is 2.17. The second-order valence-corrected chi connectivity index (χ2v) is 5.58. The molecule has 1 aliphatic rings. The molecule has 1 aliphatic heterocycles. The number of esters is 1. The number of carbonyl (C=O) groups excluding carboxylic acids is 1. The normalized spacial score (nSPS) is 23.1. The molecule has 0 amide bonds. The van der Waals surface area contributed by atoms with Crippen LogP contribution in [-0.4, -0.2) is 25.4 Å². The first-order chi connectivity index (χ1) is 7.42. The van der Waals surface area contributed by atoms with Gasteiger partial charge in [0.15, 0.2) is 0 Å². The summed E-state index contributed by atoms with van der Waals surface area (Å²) < 4.78 is 10.5. The van der Waals surface area contributed by atoms with Gasteiger partial charge in [0.25, 0.3) is 0 Å². The standard InChI is InChI=1S/C12H23NO3/c1-12(2,3)7-9(8-13)11(14)16-10-5-4-6-15-10/h9-10H,4-8,13H2,1-3H3. The van der Waals surface area contributed by atoms with E-state index in [0.717, 1.165) is 19.3 Å². The summed E-state index contributed by atoms with van der Waals surface area (Å²) >= 11 is 0. The molecule has 0 radical (unpaired) electrons. The Bertz CT molecular complexity index is 229. The Balaban J connectivity index is 2.42. The first-order valence-corrected chi connectivity index (χ1v) is 5.94. The fourth-order valence-corrected chi connectivity index (χ4v) is 1.87. The van der Waals surface area contributed by atoms with Crippen LogP contribution in [0, 0.1) is 11.3 Å². The molecule has 0 aromatic heterocycles. The van der Waals surface area contributed by atoms with Crippen molar-refractivity contribution in [2.24, 2.45) is 17.1 Å². The average Bonchev–Trinajstić information content (AvgIpc) is 2.65. The van der Waals surface area contributed by atoms with Crippen molar-refractivity contribution < 1.29 is 14.3 Å². The number of ether oxygens (including phenoxy) is 2. The van der Waals surface area contributed by atoms with Crippen molar-refractivity contribution in [3.63, 3.8) is 0 Å². The van der Waals surface area contributed by atoms with Gasteiger partial charge in [-0.3, -0.25) is 4.79 Å². The molecule has 2 atom stereocenters. The van der Waals surface area contributed by atoms with E-state index in [2.05, 4.69) is 20.8 Å². The smallest absolute Gasteiger partial charge is 0.312 e. The number of hydrogen-bond donors (Lipinski definition) is 1. The monoisotopic (exact) mass is 229 g/mol. The molecule has 0 bridgehead atoms. The Morgan fingerprint density at radius 1 is 1.56 bits per heavy atom. The van der Waals surface area contributed by atoms with E-state index in [9.17, 15) is 4.79 Å². The van der Waals surface area contributed by atoms with Crippen LogP contribution in [0.1, 0.15) is 40.0 Å². The molecule has 1 heterocycles. The molecule has 0 aliphatic carbocycles. The fourth-order valence-electron chi connectivity index (χ4n) is 1.87. The zero-order valence-corrected chi connectivity index (χ0v) is 10.5. The zero-order valence-electron chi connectivity index (χ0n) is 10.5. The third-order valence-electron chi connectivity index (χ3n) is 2.61. The van der Waals surface area contributed by atoms with Gasteiger partial charge in [0.2, 0.25) is 6.29 Å². The summed E-state index contributed by atoms with van der Waals surface area (Å²) in [5.41, 5.74) is 5.70. The van der Waals surface area contributed by atoms with E-state index in [1.165, 1.54) is 0 Å². The highest BCUT2D eigenvalue weighted by molar-refractivity contribution is 5.72. The van der Waals surface area contributed by atoms with Gasteiger partial charge in [-0.15, -0.1) is 0 Å². The van der Waals surface area contributed by atoms with Gasteiger partial charge in [-0.25, -0.2) is 0 Å². The van der Waals surface area contributed by atoms with Gasteiger partial charge in [-0.2, -0.15) is 0 Å². The van der Waals surface area contributed by atoms with Crippen LogP contribution in [0.25, 0.3) is 0 Å². The highest BCUT2D eigenvalue weighted by Gasteiger charge is 2.28. The first kappa shape index (κ1) is 13.5. The fraction of sp³-hybridized carbons (Fsp3) is 0.917. The van der Waals surface area contributed by atoms with Crippen LogP contribution in [-0.2, 0) is 14.3 Å². The number of rotatable bonds is 4. The van der Waals surface area contributed by atoms with Crippen molar-refractivity contribution in [1.29, 1.82) is 0 Å². The van der Waals surface area contributed by atoms with Crippen molar-refractivity contribution >= 4 is 5.97 Å². The minimum absolute atomic E-state index is 0.0829. The van der Waals surface area contributed by atoms with Gasteiger partial charge < -0.3 is 15.2 Å². The lowest BCUT2D eigenvalue weighted by atomic mass is 9.85. The summed E-state index contributed by atoms with van der Waals surface area (Å²) in [5, 5.41) is 0. The Hall–Kier alpha value is -0.610. The molecule has 1 rings (SSSR count). The second kappa shape index (κ2) is 5.64. The van der Waals surface area contributed by atoms with Gasteiger partial charge in [-0.1, -0.05) is 20.8 Å². The maximum Gasteiger partial charge on any atom is 0.312 e.